The second-order valence-corrected chi connectivity index (χ2v) is 2.90. The van der Waals surface area contributed by atoms with E-state index in [1.54, 1.807) is 13.0 Å². The van der Waals surface area contributed by atoms with Crippen LogP contribution < -0.4 is 0 Å². The zero-order valence-corrected chi connectivity index (χ0v) is 7.85. The minimum atomic E-state index is -1.09. The van der Waals surface area contributed by atoms with Gasteiger partial charge >= 0.3 is 5.97 Å². The molecule has 0 fully saturated rings. The van der Waals surface area contributed by atoms with Gasteiger partial charge in [-0.1, -0.05) is 11.2 Å². The van der Waals surface area contributed by atoms with Crippen molar-refractivity contribution in [3.63, 3.8) is 0 Å². The lowest BCUT2D eigenvalue weighted by Crippen LogP contribution is -1.98. The summed E-state index contributed by atoms with van der Waals surface area (Å²) in [6.07, 6.45) is 0. The Morgan fingerprint density at radius 2 is 2.14 bits per heavy atom. The second kappa shape index (κ2) is 3.81. The molecule has 0 radical (unpaired) electrons. The number of aryl methyl sites for hydroxylation is 1. The van der Waals surface area contributed by atoms with E-state index in [0.29, 0.717) is 5.56 Å². The average Bonchev–Trinajstić information content (AvgIpc) is 2.13. The molecular weight excluding hydrogens is 182 g/mol. The Morgan fingerprint density at radius 1 is 1.50 bits per heavy atom. The number of carboxylic acid groups (broad SMARTS) is 1. The van der Waals surface area contributed by atoms with E-state index < -0.39 is 5.97 Å². The highest BCUT2D eigenvalue weighted by Crippen LogP contribution is 2.26. The van der Waals surface area contributed by atoms with Gasteiger partial charge in [0, 0.05) is 4.91 Å². The van der Waals surface area contributed by atoms with Crippen molar-refractivity contribution in [1.29, 1.82) is 0 Å². The van der Waals surface area contributed by atoms with Gasteiger partial charge in [0.25, 0.3) is 0 Å². The van der Waals surface area contributed by atoms with Crippen molar-refractivity contribution in [2.75, 3.05) is 0 Å². The molecule has 5 heteroatoms. The van der Waals surface area contributed by atoms with Gasteiger partial charge in [0.1, 0.15) is 0 Å². The van der Waals surface area contributed by atoms with Crippen LogP contribution in [0, 0.1) is 13.8 Å². The van der Waals surface area contributed by atoms with Crippen LogP contribution in [-0.4, -0.2) is 11.1 Å². The SMILES string of the molecule is Cc1ccc(C(=O)O)c(N=[N+]=[N-])c1C. The zero-order chi connectivity index (χ0) is 10.7. The van der Waals surface area contributed by atoms with Gasteiger partial charge in [-0.25, -0.2) is 4.79 Å². The third-order valence-corrected chi connectivity index (χ3v) is 2.08. The lowest BCUT2D eigenvalue weighted by atomic mass is 10.0. The van der Waals surface area contributed by atoms with E-state index in [0.717, 1.165) is 5.56 Å². The van der Waals surface area contributed by atoms with Crippen molar-refractivity contribution in [3.05, 3.63) is 39.3 Å². The summed E-state index contributed by atoms with van der Waals surface area (Å²) in [6, 6.07) is 3.13. The Labute approximate surface area is 80.6 Å². The number of carbonyl (C=O) groups is 1. The fourth-order valence-corrected chi connectivity index (χ4v) is 1.15. The van der Waals surface area contributed by atoms with E-state index in [4.69, 9.17) is 10.6 Å². The minimum absolute atomic E-state index is 0.0332. The third-order valence-electron chi connectivity index (χ3n) is 2.08. The number of nitrogens with zero attached hydrogens (tertiary/aromatic N) is 3. The summed E-state index contributed by atoms with van der Waals surface area (Å²) < 4.78 is 0. The highest BCUT2D eigenvalue weighted by atomic mass is 16.4. The van der Waals surface area contributed by atoms with E-state index >= 15 is 0 Å². The Kier molecular flexibility index (Phi) is 2.74. The van der Waals surface area contributed by atoms with E-state index in [1.807, 2.05) is 6.92 Å². The van der Waals surface area contributed by atoms with E-state index in [-0.39, 0.29) is 11.3 Å². The molecule has 1 aromatic rings. The molecule has 0 saturated carbocycles. The van der Waals surface area contributed by atoms with Crippen LogP contribution in [-0.2, 0) is 0 Å². The number of hydrogen-bond donors (Lipinski definition) is 1. The molecule has 72 valence electrons. The molecule has 0 bridgehead atoms. The first-order valence-electron chi connectivity index (χ1n) is 3.96. The molecule has 0 atom stereocenters. The summed E-state index contributed by atoms with van der Waals surface area (Å²) in [5, 5.41) is 12.2. The van der Waals surface area contributed by atoms with Gasteiger partial charge < -0.3 is 5.11 Å². The molecular formula is C9H9N3O2. The molecule has 14 heavy (non-hydrogen) atoms. The summed E-state index contributed by atoms with van der Waals surface area (Å²) in [4.78, 5) is 13.4. The smallest absolute Gasteiger partial charge is 0.336 e. The number of azide groups is 1. The third kappa shape index (κ3) is 1.67. The minimum Gasteiger partial charge on any atom is -0.478 e. The van der Waals surface area contributed by atoms with Crippen LogP contribution in [0.1, 0.15) is 21.5 Å². The summed E-state index contributed by atoms with van der Waals surface area (Å²) in [5.41, 5.74) is 10.1. The van der Waals surface area contributed by atoms with E-state index in [2.05, 4.69) is 10.0 Å². The van der Waals surface area contributed by atoms with E-state index in [1.165, 1.54) is 6.07 Å². The van der Waals surface area contributed by atoms with Crippen molar-refractivity contribution in [3.8, 4) is 0 Å². The molecule has 5 nitrogen and oxygen atoms in total. The van der Waals surface area contributed by atoms with Crippen LogP contribution in [0.3, 0.4) is 0 Å². The highest BCUT2D eigenvalue weighted by molar-refractivity contribution is 5.94. The molecule has 0 saturated heterocycles. The van der Waals surface area contributed by atoms with E-state index in [9.17, 15) is 4.79 Å². The summed E-state index contributed by atoms with van der Waals surface area (Å²) >= 11 is 0. The van der Waals surface area contributed by atoms with Crippen LogP contribution in [0.2, 0.25) is 0 Å². The average molecular weight is 191 g/mol. The zero-order valence-electron chi connectivity index (χ0n) is 7.85. The number of aromatic carboxylic acids is 1. The number of carboxylic acids is 1. The van der Waals surface area contributed by atoms with Crippen molar-refractivity contribution in [1.82, 2.24) is 0 Å². The van der Waals surface area contributed by atoms with Gasteiger partial charge in [-0.15, -0.1) is 0 Å². The van der Waals surface area contributed by atoms with Crippen LogP contribution in [0.4, 0.5) is 5.69 Å². The molecule has 0 unspecified atom stereocenters. The van der Waals surface area contributed by atoms with Gasteiger partial charge in [0.05, 0.1) is 11.3 Å². The van der Waals surface area contributed by atoms with Crippen molar-refractivity contribution in [2.45, 2.75) is 13.8 Å². The maximum absolute atomic E-state index is 10.8. The molecule has 0 aliphatic rings. The monoisotopic (exact) mass is 191 g/mol. The van der Waals surface area contributed by atoms with Gasteiger partial charge in [-0.05, 0) is 36.6 Å². The first-order chi connectivity index (χ1) is 6.57. The molecule has 1 N–H and O–H groups in total. The molecule has 1 rings (SSSR count). The Balaban J connectivity index is 3.52. The normalized spacial score (nSPS) is 9.29. The summed E-state index contributed by atoms with van der Waals surface area (Å²) in [6.45, 7) is 3.56. The second-order valence-electron chi connectivity index (χ2n) is 2.90. The van der Waals surface area contributed by atoms with Crippen LogP contribution in [0.15, 0.2) is 17.2 Å². The molecule has 0 amide bonds. The first-order valence-corrected chi connectivity index (χ1v) is 3.96. The molecule has 0 spiro atoms. The van der Waals surface area contributed by atoms with Crippen molar-refractivity contribution < 1.29 is 9.90 Å². The Hall–Kier alpha value is -2.00. The number of rotatable bonds is 2. The molecule has 0 aliphatic carbocycles. The van der Waals surface area contributed by atoms with Crippen molar-refractivity contribution >= 4 is 11.7 Å². The van der Waals surface area contributed by atoms with Gasteiger partial charge in [-0.3, -0.25) is 0 Å². The Morgan fingerprint density at radius 3 is 2.64 bits per heavy atom. The fourth-order valence-electron chi connectivity index (χ4n) is 1.15. The van der Waals surface area contributed by atoms with Crippen LogP contribution >= 0.6 is 0 Å². The number of benzene rings is 1. The summed E-state index contributed by atoms with van der Waals surface area (Å²) in [5.74, 6) is -1.09. The largest absolute Gasteiger partial charge is 0.478 e. The van der Waals surface area contributed by atoms with Crippen LogP contribution in [0.25, 0.3) is 10.4 Å². The summed E-state index contributed by atoms with van der Waals surface area (Å²) in [7, 11) is 0. The first kappa shape index (κ1) is 10.1. The number of hydrogen-bond acceptors (Lipinski definition) is 2. The quantitative estimate of drug-likeness (QED) is 0.442. The molecule has 0 aromatic heterocycles. The lowest BCUT2D eigenvalue weighted by molar-refractivity contribution is 0.0697. The highest BCUT2D eigenvalue weighted by Gasteiger charge is 2.11. The van der Waals surface area contributed by atoms with Gasteiger partial charge in [0.15, 0.2) is 0 Å². The molecule has 1 aromatic carbocycles. The van der Waals surface area contributed by atoms with Crippen molar-refractivity contribution in [2.24, 2.45) is 5.11 Å². The predicted octanol–water partition coefficient (Wildman–Crippen LogP) is 2.94. The fraction of sp³-hybridized carbons (Fsp3) is 0.222. The predicted molar refractivity (Wildman–Crippen MR) is 51.7 cm³/mol. The maximum Gasteiger partial charge on any atom is 0.336 e. The lowest BCUT2D eigenvalue weighted by Gasteiger charge is -2.06. The molecule has 0 aliphatic heterocycles. The Bertz CT molecular complexity index is 434. The van der Waals surface area contributed by atoms with Gasteiger partial charge in [0.2, 0.25) is 0 Å². The topological polar surface area (TPSA) is 86.1 Å². The van der Waals surface area contributed by atoms with Crippen LogP contribution in [0.5, 0.6) is 0 Å². The van der Waals surface area contributed by atoms with Gasteiger partial charge in [-0.2, -0.15) is 0 Å². The maximum atomic E-state index is 10.8. The standard InChI is InChI=1S/C9H9N3O2/c1-5-3-4-7(9(13)14)8(6(5)2)11-12-10/h3-4H,1-2H3,(H,13,14). The molecule has 0 heterocycles.